The molecule has 1 saturated carbocycles. The second-order valence-corrected chi connectivity index (χ2v) is 6.30. The fourth-order valence-electron chi connectivity index (χ4n) is 3.20. The summed E-state index contributed by atoms with van der Waals surface area (Å²) >= 11 is 5.94. The molecule has 1 fully saturated rings. The molecule has 0 spiro atoms. The van der Waals surface area contributed by atoms with E-state index in [-0.39, 0.29) is 11.3 Å². The molecule has 0 aromatic heterocycles. The molecule has 0 heterocycles. The Bertz CT molecular complexity index is 592. The summed E-state index contributed by atoms with van der Waals surface area (Å²) in [4.78, 5) is 0. The van der Waals surface area contributed by atoms with Crippen molar-refractivity contribution in [3.63, 3.8) is 0 Å². The van der Waals surface area contributed by atoms with Gasteiger partial charge in [-0.2, -0.15) is 0 Å². The number of halogens is 1. The van der Waals surface area contributed by atoms with Crippen LogP contribution in [0, 0.1) is 0 Å². The molecule has 3 rings (SSSR count). The van der Waals surface area contributed by atoms with Crippen LogP contribution in [0.2, 0.25) is 5.02 Å². The van der Waals surface area contributed by atoms with Gasteiger partial charge in [0.05, 0.1) is 6.10 Å². The molecule has 2 atom stereocenters. The molecule has 2 aromatic carbocycles. The van der Waals surface area contributed by atoms with Gasteiger partial charge in [-0.25, -0.2) is 0 Å². The predicted molar refractivity (Wildman–Crippen MR) is 86.6 cm³/mol. The second-order valence-electron chi connectivity index (χ2n) is 5.86. The molecule has 3 heteroatoms. The van der Waals surface area contributed by atoms with Crippen LogP contribution in [0.1, 0.15) is 29.9 Å². The first-order valence-corrected chi connectivity index (χ1v) is 7.74. The summed E-state index contributed by atoms with van der Waals surface area (Å²) in [5.74, 6) is -0.0648. The third-order valence-corrected chi connectivity index (χ3v) is 4.89. The van der Waals surface area contributed by atoms with Gasteiger partial charge in [-0.1, -0.05) is 54.1 Å². The number of aliphatic hydroxyl groups is 1. The van der Waals surface area contributed by atoms with Crippen molar-refractivity contribution < 1.29 is 5.11 Å². The molecule has 1 aliphatic carbocycles. The first-order chi connectivity index (χ1) is 10.2. The minimum absolute atomic E-state index is 0.0648. The fraction of sp³-hybridized carbons (Fsp3) is 0.333. The molecule has 21 heavy (non-hydrogen) atoms. The molecular formula is C18H20ClNO. The first-order valence-electron chi connectivity index (χ1n) is 7.36. The highest BCUT2D eigenvalue weighted by Gasteiger charge is 2.52. The van der Waals surface area contributed by atoms with Crippen LogP contribution in [0.4, 0.5) is 0 Å². The maximum Gasteiger partial charge on any atom is 0.0717 e. The summed E-state index contributed by atoms with van der Waals surface area (Å²) in [5.41, 5.74) is 8.08. The van der Waals surface area contributed by atoms with E-state index in [2.05, 4.69) is 12.1 Å². The van der Waals surface area contributed by atoms with Gasteiger partial charge >= 0.3 is 0 Å². The number of hydrogen-bond donors (Lipinski definition) is 2. The zero-order chi connectivity index (χ0) is 14.9. The van der Waals surface area contributed by atoms with Crippen molar-refractivity contribution in [3.8, 4) is 0 Å². The van der Waals surface area contributed by atoms with Crippen LogP contribution in [0.5, 0.6) is 0 Å². The largest absolute Gasteiger partial charge is 0.392 e. The average Bonchev–Trinajstić information content (AvgIpc) is 3.32. The molecule has 0 saturated heterocycles. The summed E-state index contributed by atoms with van der Waals surface area (Å²) in [6, 6.07) is 17.9. The molecule has 2 nitrogen and oxygen atoms in total. The Kier molecular flexibility index (Phi) is 4.03. The minimum atomic E-state index is -0.467. The highest BCUT2D eigenvalue weighted by molar-refractivity contribution is 6.30. The van der Waals surface area contributed by atoms with Gasteiger partial charge in [0, 0.05) is 22.9 Å². The number of hydrogen-bond acceptors (Lipinski definition) is 2. The van der Waals surface area contributed by atoms with Gasteiger partial charge < -0.3 is 10.8 Å². The van der Waals surface area contributed by atoms with Crippen molar-refractivity contribution in [2.45, 2.75) is 30.3 Å². The minimum Gasteiger partial charge on any atom is -0.392 e. The van der Waals surface area contributed by atoms with Crippen LogP contribution in [-0.2, 0) is 5.41 Å². The smallest absolute Gasteiger partial charge is 0.0717 e. The van der Waals surface area contributed by atoms with Gasteiger partial charge in [0.2, 0.25) is 0 Å². The highest BCUT2D eigenvalue weighted by Crippen LogP contribution is 2.53. The molecule has 0 bridgehead atoms. The van der Waals surface area contributed by atoms with E-state index in [4.69, 9.17) is 17.3 Å². The number of benzene rings is 2. The Balaban J connectivity index is 1.89. The Labute approximate surface area is 130 Å². The predicted octanol–water partition coefficient (Wildman–Crippen LogP) is 3.48. The van der Waals surface area contributed by atoms with E-state index in [1.807, 2.05) is 42.5 Å². The van der Waals surface area contributed by atoms with E-state index in [1.54, 1.807) is 0 Å². The summed E-state index contributed by atoms with van der Waals surface area (Å²) < 4.78 is 0. The molecule has 0 aliphatic heterocycles. The normalized spacial score (nSPS) is 19.0. The zero-order valence-corrected chi connectivity index (χ0v) is 12.6. The first kappa shape index (κ1) is 14.6. The van der Waals surface area contributed by atoms with Gasteiger partial charge in [-0.15, -0.1) is 0 Å². The molecule has 3 N–H and O–H groups in total. The molecule has 2 unspecified atom stereocenters. The Morgan fingerprint density at radius 3 is 2.19 bits per heavy atom. The lowest BCUT2D eigenvalue weighted by molar-refractivity contribution is 0.104. The van der Waals surface area contributed by atoms with Crippen LogP contribution in [-0.4, -0.2) is 17.8 Å². The van der Waals surface area contributed by atoms with Gasteiger partial charge in [-0.3, -0.25) is 0 Å². The Morgan fingerprint density at radius 2 is 1.67 bits per heavy atom. The summed E-state index contributed by atoms with van der Waals surface area (Å²) in [7, 11) is 0. The topological polar surface area (TPSA) is 46.2 Å². The molecule has 110 valence electrons. The third kappa shape index (κ3) is 2.71. The van der Waals surface area contributed by atoms with Gasteiger partial charge in [0.1, 0.15) is 0 Å². The van der Waals surface area contributed by atoms with Crippen molar-refractivity contribution in [2.75, 3.05) is 6.54 Å². The summed E-state index contributed by atoms with van der Waals surface area (Å²) in [5, 5.41) is 11.7. The van der Waals surface area contributed by atoms with Crippen LogP contribution in [0.3, 0.4) is 0 Å². The molecule has 1 aliphatic rings. The van der Waals surface area contributed by atoms with Crippen LogP contribution >= 0.6 is 11.6 Å². The standard InChI is InChI=1S/C18H20ClNO/c19-15-8-6-13(7-9-15)16(12-20)17(21)18(10-11-18)14-4-2-1-3-5-14/h1-9,16-17,21H,10-12,20H2. The lowest BCUT2D eigenvalue weighted by Gasteiger charge is -2.30. The SMILES string of the molecule is NCC(c1ccc(Cl)cc1)C(O)C1(c2ccccc2)CC1. The highest BCUT2D eigenvalue weighted by atomic mass is 35.5. The number of nitrogens with two attached hydrogens (primary N) is 1. The fourth-order valence-corrected chi connectivity index (χ4v) is 3.33. The van der Waals surface area contributed by atoms with Crippen molar-refractivity contribution in [1.82, 2.24) is 0 Å². The molecule has 0 radical (unpaired) electrons. The van der Waals surface area contributed by atoms with Crippen LogP contribution in [0.15, 0.2) is 54.6 Å². The van der Waals surface area contributed by atoms with E-state index in [1.165, 1.54) is 5.56 Å². The molecule has 0 amide bonds. The van der Waals surface area contributed by atoms with E-state index >= 15 is 0 Å². The van der Waals surface area contributed by atoms with Crippen molar-refractivity contribution >= 4 is 11.6 Å². The van der Waals surface area contributed by atoms with Crippen molar-refractivity contribution in [2.24, 2.45) is 5.73 Å². The quantitative estimate of drug-likeness (QED) is 0.888. The van der Waals surface area contributed by atoms with Crippen LogP contribution in [0.25, 0.3) is 0 Å². The van der Waals surface area contributed by atoms with E-state index in [9.17, 15) is 5.11 Å². The monoisotopic (exact) mass is 301 g/mol. The molecule has 2 aromatic rings. The van der Waals surface area contributed by atoms with Crippen LogP contribution < -0.4 is 5.73 Å². The average molecular weight is 302 g/mol. The summed E-state index contributed by atoms with van der Waals surface area (Å²) in [6.45, 7) is 0.428. The maximum atomic E-state index is 11.0. The third-order valence-electron chi connectivity index (χ3n) is 4.64. The second kappa shape index (κ2) is 5.80. The Hall–Kier alpha value is -1.35. The van der Waals surface area contributed by atoms with Crippen molar-refractivity contribution in [1.29, 1.82) is 0 Å². The number of rotatable bonds is 5. The maximum absolute atomic E-state index is 11.0. The lowest BCUT2D eigenvalue weighted by Crippen LogP contribution is -2.36. The van der Waals surface area contributed by atoms with Gasteiger partial charge in [0.15, 0.2) is 0 Å². The Morgan fingerprint density at radius 1 is 1.05 bits per heavy atom. The van der Waals surface area contributed by atoms with Crippen molar-refractivity contribution in [3.05, 3.63) is 70.7 Å². The lowest BCUT2D eigenvalue weighted by atomic mass is 9.80. The van der Waals surface area contributed by atoms with Gasteiger partial charge in [-0.05, 0) is 36.1 Å². The number of aliphatic hydroxyl groups excluding tert-OH is 1. The zero-order valence-electron chi connectivity index (χ0n) is 11.9. The van der Waals surface area contributed by atoms with Gasteiger partial charge in [0.25, 0.3) is 0 Å². The van der Waals surface area contributed by atoms with E-state index in [0.717, 1.165) is 18.4 Å². The van der Waals surface area contributed by atoms with E-state index in [0.29, 0.717) is 11.6 Å². The molecular weight excluding hydrogens is 282 g/mol. The summed E-state index contributed by atoms with van der Waals surface area (Å²) in [6.07, 6.45) is 1.57. The van der Waals surface area contributed by atoms with E-state index < -0.39 is 6.10 Å².